The molecule has 2 unspecified atom stereocenters. The van der Waals surface area contributed by atoms with Crippen LogP contribution in [0.1, 0.15) is 25.7 Å². The predicted octanol–water partition coefficient (Wildman–Crippen LogP) is 2.25. The first kappa shape index (κ1) is 14.0. The van der Waals surface area contributed by atoms with Crippen LogP contribution in [0.3, 0.4) is 0 Å². The molecule has 1 N–H and O–H groups in total. The molecule has 0 saturated heterocycles. The number of tetrazole rings is 1. The molecule has 2 aromatic rings. The summed E-state index contributed by atoms with van der Waals surface area (Å²) in [5.41, 5.74) is 2.13. The Bertz CT molecular complexity index is 597. The lowest BCUT2D eigenvalue weighted by atomic mass is 9.92. The normalized spacial score (nSPS) is 22.2. The minimum atomic E-state index is 0.377. The van der Waals surface area contributed by atoms with Crippen molar-refractivity contribution in [3.05, 3.63) is 24.3 Å². The van der Waals surface area contributed by atoms with E-state index in [0.717, 1.165) is 23.5 Å². The van der Waals surface area contributed by atoms with Crippen LogP contribution < -0.4 is 5.32 Å². The lowest BCUT2D eigenvalue weighted by molar-refractivity contribution is 0.0669. The van der Waals surface area contributed by atoms with Crippen LogP contribution in [0.2, 0.25) is 0 Å². The molecule has 0 aliphatic heterocycles. The molecule has 1 aliphatic carbocycles. The number of aryl methyl sites for hydroxylation is 1. The number of benzene rings is 1. The molecular weight excluding hydrogens is 266 g/mol. The average molecular weight is 287 g/mol. The van der Waals surface area contributed by atoms with Crippen molar-refractivity contribution >= 4 is 5.69 Å². The summed E-state index contributed by atoms with van der Waals surface area (Å²) in [5, 5.41) is 15.2. The third kappa shape index (κ3) is 3.21. The second-order valence-electron chi connectivity index (χ2n) is 5.57. The van der Waals surface area contributed by atoms with Crippen LogP contribution in [-0.2, 0) is 11.8 Å². The average Bonchev–Trinajstić information content (AvgIpc) is 2.94. The Balaban J connectivity index is 1.73. The second-order valence-corrected chi connectivity index (χ2v) is 5.57. The minimum Gasteiger partial charge on any atom is -0.382 e. The molecule has 2 atom stereocenters. The zero-order valence-corrected chi connectivity index (χ0v) is 12.5. The van der Waals surface area contributed by atoms with Gasteiger partial charge in [0, 0.05) is 31.5 Å². The topological polar surface area (TPSA) is 64.9 Å². The van der Waals surface area contributed by atoms with E-state index in [2.05, 4.69) is 33.0 Å². The van der Waals surface area contributed by atoms with E-state index in [1.54, 1.807) is 11.8 Å². The summed E-state index contributed by atoms with van der Waals surface area (Å²) in [6.45, 7) is 0. The molecule has 0 radical (unpaired) electrons. The molecular formula is C15H21N5O. The number of ether oxygens (including phenoxy) is 1. The van der Waals surface area contributed by atoms with Crippen LogP contribution in [0.4, 0.5) is 5.69 Å². The fraction of sp³-hybridized carbons (Fsp3) is 0.533. The maximum absolute atomic E-state index is 5.49. The fourth-order valence-electron chi connectivity index (χ4n) is 2.95. The fourth-order valence-corrected chi connectivity index (χ4v) is 2.95. The molecule has 0 spiro atoms. The second kappa shape index (κ2) is 6.22. The molecule has 1 aromatic carbocycles. The van der Waals surface area contributed by atoms with Gasteiger partial charge in [-0.15, -0.1) is 5.10 Å². The van der Waals surface area contributed by atoms with Crippen LogP contribution in [0, 0.1) is 0 Å². The highest BCUT2D eigenvalue weighted by Gasteiger charge is 2.21. The van der Waals surface area contributed by atoms with E-state index in [1.165, 1.54) is 19.3 Å². The van der Waals surface area contributed by atoms with E-state index in [0.29, 0.717) is 12.1 Å². The monoisotopic (exact) mass is 287 g/mol. The minimum absolute atomic E-state index is 0.377. The Morgan fingerprint density at radius 3 is 3.00 bits per heavy atom. The van der Waals surface area contributed by atoms with Crippen molar-refractivity contribution in [3.63, 3.8) is 0 Å². The van der Waals surface area contributed by atoms with E-state index >= 15 is 0 Å². The largest absolute Gasteiger partial charge is 0.382 e. The van der Waals surface area contributed by atoms with Gasteiger partial charge in [0.05, 0.1) is 6.10 Å². The first-order valence-electron chi connectivity index (χ1n) is 7.38. The molecule has 21 heavy (non-hydrogen) atoms. The molecule has 1 aromatic heterocycles. The van der Waals surface area contributed by atoms with E-state index in [9.17, 15) is 0 Å². The number of anilines is 1. The number of methoxy groups -OCH3 is 1. The van der Waals surface area contributed by atoms with Gasteiger partial charge in [0.2, 0.25) is 0 Å². The number of nitrogens with zero attached hydrogens (tertiary/aromatic N) is 4. The first-order chi connectivity index (χ1) is 10.3. The van der Waals surface area contributed by atoms with Crippen LogP contribution in [-0.4, -0.2) is 39.5 Å². The predicted molar refractivity (Wildman–Crippen MR) is 80.9 cm³/mol. The SMILES string of the molecule is COC1CCCC(Nc2cccc(-c3nnnn3C)c2)C1. The number of aromatic nitrogens is 4. The summed E-state index contributed by atoms with van der Waals surface area (Å²) < 4.78 is 7.17. The Hall–Kier alpha value is -1.95. The van der Waals surface area contributed by atoms with Crippen LogP contribution >= 0.6 is 0 Å². The van der Waals surface area contributed by atoms with Gasteiger partial charge in [-0.3, -0.25) is 0 Å². The summed E-state index contributed by atoms with van der Waals surface area (Å²) >= 11 is 0. The van der Waals surface area contributed by atoms with Crippen molar-refractivity contribution in [2.45, 2.75) is 37.8 Å². The molecule has 6 nitrogen and oxygen atoms in total. The van der Waals surface area contributed by atoms with E-state index in [-0.39, 0.29) is 0 Å². The Kier molecular flexibility index (Phi) is 4.15. The van der Waals surface area contributed by atoms with Crippen molar-refractivity contribution in [3.8, 4) is 11.4 Å². The molecule has 0 amide bonds. The van der Waals surface area contributed by atoms with Crippen molar-refractivity contribution in [1.82, 2.24) is 20.2 Å². The van der Waals surface area contributed by atoms with E-state index in [1.807, 2.05) is 19.2 Å². The van der Waals surface area contributed by atoms with Gasteiger partial charge in [-0.1, -0.05) is 12.1 Å². The van der Waals surface area contributed by atoms with Gasteiger partial charge in [-0.25, -0.2) is 4.68 Å². The molecule has 0 bridgehead atoms. The van der Waals surface area contributed by atoms with Gasteiger partial charge < -0.3 is 10.1 Å². The summed E-state index contributed by atoms with van der Waals surface area (Å²) in [5.74, 6) is 0.775. The van der Waals surface area contributed by atoms with Crippen molar-refractivity contribution in [2.75, 3.05) is 12.4 Å². The molecule has 1 fully saturated rings. The number of nitrogens with one attached hydrogen (secondary N) is 1. The Labute approximate surface area is 124 Å². The highest BCUT2D eigenvalue weighted by molar-refractivity contribution is 5.62. The Morgan fingerprint density at radius 2 is 2.24 bits per heavy atom. The zero-order valence-electron chi connectivity index (χ0n) is 12.5. The molecule has 1 heterocycles. The number of hydrogen-bond acceptors (Lipinski definition) is 5. The third-order valence-corrected chi connectivity index (χ3v) is 4.07. The molecule has 1 saturated carbocycles. The summed E-state index contributed by atoms with van der Waals surface area (Å²) in [7, 11) is 3.65. The first-order valence-corrected chi connectivity index (χ1v) is 7.38. The van der Waals surface area contributed by atoms with Gasteiger partial charge in [0.25, 0.3) is 0 Å². The summed E-state index contributed by atoms with van der Waals surface area (Å²) in [4.78, 5) is 0. The van der Waals surface area contributed by atoms with Crippen molar-refractivity contribution in [1.29, 1.82) is 0 Å². The van der Waals surface area contributed by atoms with E-state index < -0.39 is 0 Å². The lowest BCUT2D eigenvalue weighted by Crippen LogP contribution is -2.30. The van der Waals surface area contributed by atoms with Gasteiger partial charge in [0.1, 0.15) is 0 Å². The summed E-state index contributed by atoms with van der Waals surface area (Å²) in [6, 6.07) is 8.71. The number of hydrogen-bond donors (Lipinski definition) is 1. The third-order valence-electron chi connectivity index (χ3n) is 4.07. The van der Waals surface area contributed by atoms with Crippen LogP contribution in [0.15, 0.2) is 24.3 Å². The quantitative estimate of drug-likeness (QED) is 0.934. The van der Waals surface area contributed by atoms with Crippen LogP contribution in [0.5, 0.6) is 0 Å². The molecule has 3 rings (SSSR count). The van der Waals surface area contributed by atoms with Crippen molar-refractivity contribution in [2.24, 2.45) is 7.05 Å². The molecule has 6 heteroatoms. The van der Waals surface area contributed by atoms with Gasteiger partial charge >= 0.3 is 0 Å². The van der Waals surface area contributed by atoms with Gasteiger partial charge in [0.15, 0.2) is 5.82 Å². The smallest absolute Gasteiger partial charge is 0.181 e. The van der Waals surface area contributed by atoms with Crippen molar-refractivity contribution < 1.29 is 4.74 Å². The standard InChI is InChI=1S/C15H21N5O/c1-20-15(17-18-19-20)11-5-3-6-12(9-11)16-13-7-4-8-14(10-13)21-2/h3,5-6,9,13-14,16H,4,7-8,10H2,1-2H3. The van der Waals surface area contributed by atoms with Gasteiger partial charge in [-0.05, 0) is 48.2 Å². The maximum atomic E-state index is 5.49. The highest BCUT2D eigenvalue weighted by atomic mass is 16.5. The number of rotatable bonds is 4. The van der Waals surface area contributed by atoms with Gasteiger partial charge in [-0.2, -0.15) is 0 Å². The zero-order chi connectivity index (χ0) is 14.7. The lowest BCUT2D eigenvalue weighted by Gasteiger charge is -2.29. The van der Waals surface area contributed by atoms with Crippen LogP contribution in [0.25, 0.3) is 11.4 Å². The maximum Gasteiger partial charge on any atom is 0.181 e. The molecule has 112 valence electrons. The Morgan fingerprint density at radius 1 is 1.33 bits per heavy atom. The summed E-state index contributed by atoms with van der Waals surface area (Å²) in [6.07, 6.45) is 5.01. The highest BCUT2D eigenvalue weighted by Crippen LogP contribution is 2.25. The van der Waals surface area contributed by atoms with E-state index in [4.69, 9.17) is 4.74 Å². The molecule has 1 aliphatic rings.